The van der Waals surface area contributed by atoms with Crippen LogP contribution in [0.3, 0.4) is 0 Å². The molecule has 5 nitrogen and oxygen atoms in total. The van der Waals surface area contributed by atoms with Crippen molar-refractivity contribution in [1.82, 2.24) is 0 Å². The average molecular weight is 243 g/mol. The number of carbonyl (C=O) groups excluding carboxylic acids is 2. The maximum absolute atomic E-state index is 11.2. The molecule has 2 N–H and O–H groups in total. The summed E-state index contributed by atoms with van der Waals surface area (Å²) in [6.45, 7) is 1.17. The van der Waals surface area contributed by atoms with Crippen LogP contribution in [-0.2, 0) is 19.1 Å². The molecule has 0 aromatic carbocycles. The SMILES string of the molecule is NCC(=O)CCC(=O)OCCC1CCCCO1. The lowest BCUT2D eigenvalue weighted by Gasteiger charge is -2.22. The van der Waals surface area contributed by atoms with E-state index in [1.54, 1.807) is 0 Å². The number of ether oxygens (including phenoxy) is 2. The fraction of sp³-hybridized carbons (Fsp3) is 0.833. The highest BCUT2D eigenvalue weighted by Gasteiger charge is 2.14. The maximum atomic E-state index is 11.2. The van der Waals surface area contributed by atoms with E-state index in [1.807, 2.05) is 0 Å². The van der Waals surface area contributed by atoms with Gasteiger partial charge in [0.15, 0.2) is 0 Å². The van der Waals surface area contributed by atoms with Gasteiger partial charge in [0.05, 0.1) is 25.7 Å². The van der Waals surface area contributed by atoms with Gasteiger partial charge in [0.25, 0.3) is 0 Å². The van der Waals surface area contributed by atoms with E-state index in [-0.39, 0.29) is 37.2 Å². The van der Waals surface area contributed by atoms with Gasteiger partial charge in [-0.15, -0.1) is 0 Å². The summed E-state index contributed by atoms with van der Waals surface area (Å²) in [6.07, 6.45) is 4.62. The molecule has 1 saturated heterocycles. The first-order valence-corrected chi connectivity index (χ1v) is 6.21. The Bertz CT molecular complexity index is 249. The third-order valence-electron chi connectivity index (χ3n) is 2.81. The molecule has 0 radical (unpaired) electrons. The number of ketones is 1. The molecule has 0 aromatic heterocycles. The lowest BCUT2D eigenvalue weighted by atomic mass is 10.1. The Labute approximate surface area is 102 Å². The largest absolute Gasteiger partial charge is 0.466 e. The van der Waals surface area contributed by atoms with E-state index in [4.69, 9.17) is 15.2 Å². The van der Waals surface area contributed by atoms with Crippen molar-refractivity contribution in [3.05, 3.63) is 0 Å². The average Bonchev–Trinajstić information content (AvgIpc) is 2.37. The smallest absolute Gasteiger partial charge is 0.306 e. The number of carbonyl (C=O) groups is 2. The van der Waals surface area contributed by atoms with Crippen LogP contribution >= 0.6 is 0 Å². The van der Waals surface area contributed by atoms with Crippen molar-refractivity contribution in [3.8, 4) is 0 Å². The van der Waals surface area contributed by atoms with Crippen LogP contribution in [-0.4, -0.2) is 37.6 Å². The molecule has 5 heteroatoms. The fourth-order valence-electron chi connectivity index (χ4n) is 1.75. The zero-order valence-electron chi connectivity index (χ0n) is 10.2. The molecule has 1 fully saturated rings. The standard InChI is InChI=1S/C12H21NO4/c13-9-10(14)4-5-12(15)17-8-6-11-3-1-2-7-16-11/h11H,1-9,13H2. The van der Waals surface area contributed by atoms with Crippen molar-refractivity contribution in [2.75, 3.05) is 19.8 Å². The molecule has 1 rings (SSSR count). The topological polar surface area (TPSA) is 78.6 Å². The second-order valence-electron chi connectivity index (χ2n) is 4.24. The van der Waals surface area contributed by atoms with E-state index in [0.717, 1.165) is 25.9 Å². The molecular formula is C12H21NO4. The highest BCUT2D eigenvalue weighted by Crippen LogP contribution is 2.15. The Morgan fingerprint density at radius 3 is 2.76 bits per heavy atom. The monoisotopic (exact) mass is 243 g/mol. The van der Waals surface area contributed by atoms with E-state index >= 15 is 0 Å². The second-order valence-corrected chi connectivity index (χ2v) is 4.24. The Hall–Kier alpha value is -0.940. The van der Waals surface area contributed by atoms with Gasteiger partial charge < -0.3 is 15.2 Å². The van der Waals surface area contributed by atoms with Crippen LogP contribution in [0.25, 0.3) is 0 Å². The van der Waals surface area contributed by atoms with Gasteiger partial charge >= 0.3 is 5.97 Å². The molecule has 1 unspecified atom stereocenters. The minimum Gasteiger partial charge on any atom is -0.466 e. The van der Waals surface area contributed by atoms with E-state index in [0.29, 0.717) is 6.61 Å². The molecule has 0 aromatic rings. The van der Waals surface area contributed by atoms with Crippen LogP contribution in [0.5, 0.6) is 0 Å². The second kappa shape index (κ2) is 8.20. The van der Waals surface area contributed by atoms with Gasteiger partial charge in [0, 0.05) is 19.4 Å². The molecular weight excluding hydrogens is 222 g/mol. The Kier molecular flexibility index (Phi) is 6.81. The number of hydrogen-bond donors (Lipinski definition) is 1. The molecule has 0 spiro atoms. The summed E-state index contributed by atoms with van der Waals surface area (Å²) in [6, 6.07) is 0. The van der Waals surface area contributed by atoms with E-state index in [9.17, 15) is 9.59 Å². The van der Waals surface area contributed by atoms with Gasteiger partial charge in [0.2, 0.25) is 0 Å². The summed E-state index contributed by atoms with van der Waals surface area (Å²) in [5.41, 5.74) is 5.14. The summed E-state index contributed by atoms with van der Waals surface area (Å²) in [7, 11) is 0. The van der Waals surface area contributed by atoms with E-state index < -0.39 is 0 Å². The number of esters is 1. The van der Waals surface area contributed by atoms with Gasteiger partial charge in [-0.25, -0.2) is 0 Å². The zero-order chi connectivity index (χ0) is 12.5. The molecule has 1 heterocycles. The van der Waals surface area contributed by atoms with E-state index in [1.165, 1.54) is 6.42 Å². The first-order valence-electron chi connectivity index (χ1n) is 6.21. The predicted molar refractivity (Wildman–Crippen MR) is 62.5 cm³/mol. The highest BCUT2D eigenvalue weighted by atomic mass is 16.5. The summed E-state index contributed by atoms with van der Waals surface area (Å²) in [5.74, 6) is -0.444. The van der Waals surface area contributed by atoms with Crippen LogP contribution < -0.4 is 5.73 Å². The van der Waals surface area contributed by atoms with Crippen molar-refractivity contribution < 1.29 is 19.1 Å². The third kappa shape index (κ3) is 6.38. The van der Waals surface area contributed by atoms with E-state index in [2.05, 4.69) is 0 Å². The lowest BCUT2D eigenvalue weighted by molar-refractivity contribution is -0.145. The number of rotatable bonds is 7. The molecule has 1 aliphatic heterocycles. The molecule has 1 atom stereocenters. The van der Waals surface area contributed by atoms with Crippen molar-refractivity contribution in [1.29, 1.82) is 0 Å². The summed E-state index contributed by atoms with van der Waals surface area (Å²) in [4.78, 5) is 22.1. The van der Waals surface area contributed by atoms with Gasteiger partial charge in [-0.1, -0.05) is 0 Å². The molecule has 0 aliphatic carbocycles. The number of Topliss-reactive ketones (excluding diaryl/α,β-unsaturated/α-hetero) is 1. The van der Waals surface area contributed by atoms with Crippen LogP contribution in [0.2, 0.25) is 0 Å². The molecule has 0 saturated carbocycles. The molecule has 17 heavy (non-hydrogen) atoms. The molecule has 0 amide bonds. The van der Waals surface area contributed by atoms with Crippen LogP contribution in [0, 0.1) is 0 Å². The maximum Gasteiger partial charge on any atom is 0.306 e. The number of nitrogens with two attached hydrogens (primary N) is 1. The third-order valence-corrected chi connectivity index (χ3v) is 2.81. The summed E-state index contributed by atoms with van der Waals surface area (Å²) >= 11 is 0. The molecule has 98 valence electrons. The van der Waals surface area contributed by atoms with Gasteiger partial charge in [-0.2, -0.15) is 0 Å². The molecule has 1 aliphatic rings. The van der Waals surface area contributed by atoms with Crippen LogP contribution in [0.15, 0.2) is 0 Å². The van der Waals surface area contributed by atoms with Crippen molar-refractivity contribution in [2.24, 2.45) is 5.73 Å². The predicted octanol–water partition coefficient (Wildman–Crippen LogP) is 0.797. The Balaban J connectivity index is 2.01. The van der Waals surface area contributed by atoms with Crippen molar-refractivity contribution in [2.45, 2.75) is 44.6 Å². The van der Waals surface area contributed by atoms with Crippen LogP contribution in [0.1, 0.15) is 38.5 Å². The Morgan fingerprint density at radius 1 is 1.29 bits per heavy atom. The normalized spacial score (nSPS) is 19.9. The summed E-state index contributed by atoms with van der Waals surface area (Å²) in [5, 5.41) is 0. The highest BCUT2D eigenvalue weighted by molar-refractivity contribution is 5.84. The lowest BCUT2D eigenvalue weighted by Crippen LogP contribution is -2.22. The summed E-state index contributed by atoms with van der Waals surface area (Å²) < 4.78 is 10.5. The first kappa shape index (κ1) is 14.1. The van der Waals surface area contributed by atoms with Crippen molar-refractivity contribution >= 4 is 11.8 Å². The van der Waals surface area contributed by atoms with Gasteiger partial charge in [0.1, 0.15) is 5.78 Å². The quantitative estimate of drug-likeness (QED) is 0.669. The van der Waals surface area contributed by atoms with Crippen molar-refractivity contribution in [3.63, 3.8) is 0 Å². The van der Waals surface area contributed by atoms with Crippen LogP contribution in [0.4, 0.5) is 0 Å². The van der Waals surface area contributed by atoms with Gasteiger partial charge in [-0.05, 0) is 19.3 Å². The zero-order valence-corrected chi connectivity index (χ0v) is 10.2. The minimum absolute atomic E-state index is 0.0107. The Morgan fingerprint density at radius 2 is 2.12 bits per heavy atom. The first-order chi connectivity index (χ1) is 8.22. The number of hydrogen-bond acceptors (Lipinski definition) is 5. The fourth-order valence-corrected chi connectivity index (χ4v) is 1.75. The molecule has 0 bridgehead atoms. The minimum atomic E-state index is -0.331. The van der Waals surface area contributed by atoms with Gasteiger partial charge in [-0.3, -0.25) is 9.59 Å².